The van der Waals surface area contributed by atoms with Crippen LogP contribution in [-0.4, -0.2) is 41.9 Å². The van der Waals surface area contributed by atoms with Gasteiger partial charge in [-0.2, -0.15) is 4.37 Å². The smallest absolute Gasteiger partial charge is 0.273 e. The molecule has 0 spiro atoms. The monoisotopic (exact) mass is 551 g/mol. The maximum absolute atomic E-state index is 14.2. The molecule has 1 fully saturated rings. The Morgan fingerprint density at radius 2 is 1.82 bits per heavy atom. The highest BCUT2D eigenvalue weighted by atomic mass is 32.1. The second-order valence-corrected chi connectivity index (χ2v) is 10.0. The van der Waals surface area contributed by atoms with Crippen molar-refractivity contribution in [1.82, 2.24) is 9.69 Å². The van der Waals surface area contributed by atoms with Crippen molar-refractivity contribution in [2.45, 2.75) is 51.1 Å². The fourth-order valence-corrected chi connectivity index (χ4v) is 5.48. The molecule has 0 radical (unpaired) electrons. The van der Waals surface area contributed by atoms with Gasteiger partial charge >= 0.3 is 0 Å². The molecule has 0 saturated heterocycles. The summed E-state index contributed by atoms with van der Waals surface area (Å²) in [6.45, 7) is 2.38. The Balaban J connectivity index is 1.85. The fraction of sp³-hybridized carbons (Fsp3) is 0.357. The lowest BCUT2D eigenvalue weighted by atomic mass is 9.94. The zero-order valence-electron chi connectivity index (χ0n) is 22.0. The van der Waals surface area contributed by atoms with E-state index in [4.69, 9.17) is 20.9 Å². The van der Waals surface area contributed by atoms with Gasteiger partial charge in [-0.3, -0.25) is 19.3 Å². The largest absolute Gasteiger partial charge is 0.497 e. The number of ether oxygens (including phenoxy) is 2. The molecule has 10 nitrogen and oxygen atoms in total. The van der Waals surface area contributed by atoms with Gasteiger partial charge in [0.1, 0.15) is 22.4 Å². The van der Waals surface area contributed by atoms with Crippen LogP contribution in [0.25, 0.3) is 0 Å². The minimum Gasteiger partial charge on any atom is -0.497 e. The summed E-state index contributed by atoms with van der Waals surface area (Å²) in [5, 5.41) is 3.17. The molecule has 1 aromatic heterocycles. The van der Waals surface area contributed by atoms with Crippen molar-refractivity contribution < 1.29 is 23.9 Å². The topological polar surface area (TPSA) is 150 Å². The fourth-order valence-electron chi connectivity index (χ4n) is 4.74. The molecule has 1 aliphatic carbocycles. The van der Waals surface area contributed by atoms with E-state index in [-0.39, 0.29) is 28.2 Å². The molecule has 1 aliphatic rings. The van der Waals surface area contributed by atoms with E-state index in [9.17, 15) is 14.4 Å². The Bertz CT molecular complexity index is 1320. The zero-order chi connectivity index (χ0) is 27.9. The lowest BCUT2D eigenvalue weighted by Crippen LogP contribution is -2.47. The minimum atomic E-state index is -1.07. The number of amides is 3. The van der Waals surface area contributed by atoms with E-state index in [1.54, 1.807) is 48.5 Å². The molecular formula is C28H33N5O5S. The average Bonchev–Trinajstić information content (AvgIpc) is 3.34. The van der Waals surface area contributed by atoms with Crippen LogP contribution in [0.15, 0.2) is 48.5 Å². The molecule has 0 aliphatic heterocycles. The molecule has 1 atom stereocenters. The van der Waals surface area contributed by atoms with E-state index in [0.717, 1.165) is 43.6 Å². The summed E-state index contributed by atoms with van der Waals surface area (Å²) in [5.74, 6) is -0.624. The molecule has 1 heterocycles. The first-order valence-electron chi connectivity index (χ1n) is 12.9. The summed E-state index contributed by atoms with van der Waals surface area (Å²) in [6.07, 6.45) is 4.95. The van der Waals surface area contributed by atoms with E-state index < -0.39 is 17.9 Å². The van der Waals surface area contributed by atoms with E-state index >= 15 is 0 Å². The number of nitrogens with one attached hydrogen (secondary N) is 1. The molecule has 1 saturated carbocycles. The van der Waals surface area contributed by atoms with Crippen molar-refractivity contribution in [3.05, 3.63) is 64.7 Å². The number of methoxy groups -OCH3 is 1. The normalized spacial score (nSPS) is 14.3. The summed E-state index contributed by atoms with van der Waals surface area (Å²) in [6, 6.07) is 12.8. The molecule has 11 heteroatoms. The number of anilines is 2. The first kappa shape index (κ1) is 27.9. The molecule has 4 rings (SSSR count). The predicted octanol–water partition coefficient (Wildman–Crippen LogP) is 4.07. The maximum Gasteiger partial charge on any atom is 0.273 e. The van der Waals surface area contributed by atoms with Crippen LogP contribution in [0.4, 0.5) is 11.4 Å². The van der Waals surface area contributed by atoms with Crippen LogP contribution in [0.2, 0.25) is 0 Å². The van der Waals surface area contributed by atoms with Gasteiger partial charge in [0.15, 0.2) is 5.69 Å². The van der Waals surface area contributed by atoms with Crippen LogP contribution >= 0.6 is 11.5 Å². The summed E-state index contributed by atoms with van der Waals surface area (Å²) < 4.78 is 15.0. The predicted molar refractivity (Wildman–Crippen MR) is 150 cm³/mol. The van der Waals surface area contributed by atoms with Crippen LogP contribution in [0.3, 0.4) is 0 Å². The lowest BCUT2D eigenvalue weighted by Gasteiger charge is -2.33. The zero-order valence-corrected chi connectivity index (χ0v) is 22.8. The Labute approximate surface area is 231 Å². The number of benzene rings is 2. The van der Waals surface area contributed by atoms with E-state index in [0.29, 0.717) is 29.4 Å². The third kappa shape index (κ3) is 6.31. The van der Waals surface area contributed by atoms with Crippen molar-refractivity contribution >= 4 is 40.6 Å². The summed E-state index contributed by atoms with van der Waals surface area (Å²) in [4.78, 5) is 41.4. The molecule has 3 amide bonds. The molecule has 39 heavy (non-hydrogen) atoms. The van der Waals surface area contributed by atoms with Gasteiger partial charge in [-0.1, -0.05) is 37.5 Å². The van der Waals surface area contributed by atoms with Crippen molar-refractivity contribution in [3.63, 3.8) is 0 Å². The number of primary amides is 1. The Hall–Kier alpha value is -4.12. The first-order chi connectivity index (χ1) is 18.8. The van der Waals surface area contributed by atoms with Gasteiger partial charge < -0.3 is 26.3 Å². The second-order valence-electron chi connectivity index (χ2n) is 9.26. The van der Waals surface area contributed by atoms with Gasteiger partial charge in [-0.15, -0.1) is 0 Å². The molecule has 3 aromatic rings. The van der Waals surface area contributed by atoms with Crippen LogP contribution in [0.5, 0.6) is 11.5 Å². The quantitative estimate of drug-likeness (QED) is 0.344. The molecule has 1 unspecified atom stereocenters. The maximum atomic E-state index is 14.2. The number of hydrogen-bond donors (Lipinski definition) is 3. The molecule has 206 valence electrons. The van der Waals surface area contributed by atoms with Crippen LogP contribution in [0, 0.1) is 0 Å². The third-order valence-corrected chi connectivity index (χ3v) is 7.52. The van der Waals surface area contributed by atoms with Gasteiger partial charge in [0.25, 0.3) is 11.8 Å². The Kier molecular flexibility index (Phi) is 9.03. The number of rotatable bonds is 10. The van der Waals surface area contributed by atoms with Gasteiger partial charge in [0, 0.05) is 17.8 Å². The van der Waals surface area contributed by atoms with Gasteiger partial charge in [0.05, 0.1) is 19.4 Å². The number of carbonyl (C=O) groups excluding carboxylic acids is 3. The highest BCUT2D eigenvalue weighted by Crippen LogP contribution is 2.35. The lowest BCUT2D eigenvalue weighted by molar-refractivity contribution is -0.123. The molecule has 0 bridgehead atoms. The number of aromatic nitrogens is 1. The SMILES string of the molecule is CCOc1ccc(C(C(=O)NC2CCCCC2)N(C(=O)c2snc(C(N)=O)c2N)c2cccc(OC)c2)cc1. The van der Waals surface area contributed by atoms with Crippen molar-refractivity contribution in [2.24, 2.45) is 5.73 Å². The summed E-state index contributed by atoms with van der Waals surface area (Å²) in [7, 11) is 1.52. The second kappa shape index (κ2) is 12.6. The van der Waals surface area contributed by atoms with Crippen LogP contribution < -0.4 is 31.2 Å². The van der Waals surface area contributed by atoms with E-state index in [2.05, 4.69) is 9.69 Å². The highest BCUT2D eigenvalue weighted by molar-refractivity contribution is 7.09. The van der Waals surface area contributed by atoms with Crippen LogP contribution in [-0.2, 0) is 4.79 Å². The van der Waals surface area contributed by atoms with Gasteiger partial charge in [0.2, 0.25) is 5.91 Å². The van der Waals surface area contributed by atoms with E-state index in [1.807, 2.05) is 6.92 Å². The third-order valence-electron chi connectivity index (χ3n) is 6.67. The highest BCUT2D eigenvalue weighted by Gasteiger charge is 2.37. The number of hydrogen-bond acceptors (Lipinski definition) is 8. The van der Waals surface area contributed by atoms with Gasteiger partial charge in [-0.25, -0.2) is 0 Å². The number of nitrogens with zero attached hydrogens (tertiary/aromatic N) is 2. The van der Waals surface area contributed by atoms with Crippen molar-refractivity contribution in [2.75, 3.05) is 24.4 Å². The molecule has 5 N–H and O–H groups in total. The van der Waals surface area contributed by atoms with Gasteiger partial charge in [-0.05, 0) is 61.1 Å². The van der Waals surface area contributed by atoms with Crippen molar-refractivity contribution in [3.8, 4) is 11.5 Å². The van der Waals surface area contributed by atoms with Crippen molar-refractivity contribution in [1.29, 1.82) is 0 Å². The number of carbonyl (C=O) groups is 3. The Morgan fingerprint density at radius 3 is 2.44 bits per heavy atom. The minimum absolute atomic E-state index is 0.00743. The molecular weight excluding hydrogens is 518 g/mol. The number of nitrogens with two attached hydrogens (primary N) is 2. The average molecular weight is 552 g/mol. The molecule has 2 aromatic carbocycles. The Morgan fingerprint density at radius 1 is 1.10 bits per heavy atom. The number of nitrogen functional groups attached to an aromatic ring is 1. The first-order valence-corrected chi connectivity index (χ1v) is 13.7. The standard InChI is InChI=1S/C28H33N5O5S/c1-3-38-20-14-12-17(13-15-20)24(27(35)31-18-8-5-4-6-9-18)33(19-10-7-11-21(16-19)37-2)28(36)25-22(29)23(26(30)34)32-39-25/h7,10-16,18,24H,3-6,8-9,29H2,1-2H3,(H2,30,34)(H,31,35). The van der Waals surface area contributed by atoms with Crippen LogP contribution in [0.1, 0.15) is 70.8 Å². The van der Waals surface area contributed by atoms with E-state index in [1.165, 1.54) is 12.0 Å². The summed E-state index contributed by atoms with van der Waals surface area (Å²) >= 11 is 0.765. The summed E-state index contributed by atoms with van der Waals surface area (Å²) in [5.41, 5.74) is 12.2.